The summed E-state index contributed by atoms with van der Waals surface area (Å²) in [6, 6.07) is 13.3. The largest absolute Gasteiger partial charge is 0.366 e. The first-order valence-electron chi connectivity index (χ1n) is 10.2. The number of benzene rings is 2. The maximum Gasteiger partial charge on any atom is 0.282 e. The topological polar surface area (TPSA) is 43.9 Å². The number of nitrogens with zero attached hydrogens (tertiary/aromatic N) is 3. The van der Waals surface area contributed by atoms with Crippen LogP contribution in [0.2, 0.25) is 0 Å². The highest BCUT2D eigenvalue weighted by Gasteiger charge is 2.43. The minimum atomic E-state index is -0.409. The van der Waals surface area contributed by atoms with Crippen molar-refractivity contribution in [2.45, 2.75) is 25.8 Å². The number of aryl methyl sites for hydroxylation is 1. The molecule has 1 fully saturated rings. The third-order valence-electron chi connectivity index (χ3n) is 6.07. The molecule has 1 saturated heterocycles. The molecule has 2 amide bonds. The van der Waals surface area contributed by atoms with Crippen LogP contribution in [-0.4, -0.2) is 54.8 Å². The van der Waals surface area contributed by atoms with E-state index in [4.69, 9.17) is 0 Å². The van der Waals surface area contributed by atoms with Crippen molar-refractivity contribution in [1.82, 2.24) is 9.80 Å². The van der Waals surface area contributed by atoms with E-state index in [0.29, 0.717) is 17.0 Å². The van der Waals surface area contributed by atoms with Crippen molar-refractivity contribution >= 4 is 23.1 Å². The number of piperidine rings is 1. The Morgan fingerprint density at radius 3 is 2.13 bits per heavy atom. The van der Waals surface area contributed by atoms with Crippen LogP contribution in [-0.2, 0) is 9.59 Å². The highest BCUT2D eigenvalue weighted by molar-refractivity contribution is 6.45. The van der Waals surface area contributed by atoms with E-state index < -0.39 is 5.82 Å². The lowest BCUT2D eigenvalue weighted by atomic mass is 9.99. The van der Waals surface area contributed by atoms with Crippen molar-refractivity contribution in [2.75, 3.05) is 32.1 Å². The van der Waals surface area contributed by atoms with Gasteiger partial charge in [0.1, 0.15) is 11.5 Å². The number of anilines is 1. The van der Waals surface area contributed by atoms with E-state index in [1.54, 1.807) is 0 Å². The molecule has 6 heteroatoms. The quantitative estimate of drug-likeness (QED) is 0.729. The second-order valence-corrected chi connectivity index (χ2v) is 8.16. The fourth-order valence-electron chi connectivity index (χ4n) is 4.22. The summed E-state index contributed by atoms with van der Waals surface area (Å²) >= 11 is 0. The number of hydrogen-bond donors (Lipinski definition) is 0. The minimum Gasteiger partial charge on any atom is -0.366 e. The molecule has 0 unspecified atom stereocenters. The minimum absolute atomic E-state index is 0.182. The van der Waals surface area contributed by atoms with Gasteiger partial charge < -0.3 is 9.80 Å². The average Bonchev–Trinajstić information content (AvgIpc) is 3.00. The van der Waals surface area contributed by atoms with Gasteiger partial charge in [0.25, 0.3) is 11.8 Å². The molecule has 2 aromatic rings. The standard InChI is InChI=1S/C24H26FN3O2/c1-16-4-6-17(7-5-16)21-22(27(3)19-12-14-26(2)15-13-19)24(30)28(23(21)29)20-10-8-18(25)9-11-20/h4-11,19H,12-15H2,1-3H3. The number of rotatable bonds is 4. The summed E-state index contributed by atoms with van der Waals surface area (Å²) in [5, 5.41) is 0. The highest BCUT2D eigenvalue weighted by atomic mass is 19.1. The Morgan fingerprint density at radius 2 is 1.53 bits per heavy atom. The summed E-state index contributed by atoms with van der Waals surface area (Å²) in [5.41, 5.74) is 3.01. The molecule has 0 aliphatic carbocycles. The van der Waals surface area contributed by atoms with E-state index in [-0.39, 0.29) is 17.9 Å². The zero-order valence-corrected chi connectivity index (χ0v) is 17.6. The Balaban J connectivity index is 1.77. The predicted octanol–water partition coefficient (Wildman–Crippen LogP) is 3.44. The fourth-order valence-corrected chi connectivity index (χ4v) is 4.22. The molecule has 30 heavy (non-hydrogen) atoms. The van der Waals surface area contributed by atoms with E-state index >= 15 is 0 Å². The summed E-state index contributed by atoms with van der Waals surface area (Å²) in [4.78, 5) is 32.4. The smallest absolute Gasteiger partial charge is 0.282 e. The number of likely N-dealkylation sites (tertiary alicyclic amines) is 1. The van der Waals surface area contributed by atoms with Crippen LogP contribution in [0.4, 0.5) is 10.1 Å². The average molecular weight is 407 g/mol. The number of halogens is 1. The van der Waals surface area contributed by atoms with E-state index in [1.165, 1.54) is 24.3 Å². The first-order valence-corrected chi connectivity index (χ1v) is 10.2. The van der Waals surface area contributed by atoms with Gasteiger partial charge in [0.15, 0.2) is 0 Å². The molecule has 5 nitrogen and oxygen atoms in total. The zero-order valence-electron chi connectivity index (χ0n) is 17.6. The third kappa shape index (κ3) is 3.63. The maximum atomic E-state index is 13.5. The fraction of sp³-hybridized carbons (Fsp3) is 0.333. The van der Waals surface area contributed by atoms with Gasteiger partial charge in [-0.3, -0.25) is 9.59 Å². The van der Waals surface area contributed by atoms with Crippen LogP contribution in [0.25, 0.3) is 5.57 Å². The van der Waals surface area contributed by atoms with E-state index in [2.05, 4.69) is 11.9 Å². The number of likely N-dealkylation sites (N-methyl/N-ethyl adjacent to an activating group) is 1. The maximum absolute atomic E-state index is 13.5. The lowest BCUT2D eigenvalue weighted by Gasteiger charge is -2.36. The van der Waals surface area contributed by atoms with Crippen LogP contribution in [0.1, 0.15) is 24.0 Å². The summed E-state index contributed by atoms with van der Waals surface area (Å²) < 4.78 is 13.4. The van der Waals surface area contributed by atoms with Crippen LogP contribution in [0.5, 0.6) is 0 Å². The second-order valence-electron chi connectivity index (χ2n) is 8.16. The van der Waals surface area contributed by atoms with Gasteiger partial charge in [-0.2, -0.15) is 0 Å². The molecule has 2 heterocycles. The number of amides is 2. The van der Waals surface area contributed by atoms with Crippen molar-refractivity contribution in [1.29, 1.82) is 0 Å². The molecule has 0 saturated carbocycles. The number of imide groups is 1. The zero-order chi connectivity index (χ0) is 21.4. The lowest BCUT2D eigenvalue weighted by molar-refractivity contribution is -0.120. The van der Waals surface area contributed by atoms with Gasteiger partial charge in [-0.15, -0.1) is 0 Å². The van der Waals surface area contributed by atoms with Crippen LogP contribution in [0, 0.1) is 12.7 Å². The van der Waals surface area contributed by atoms with Crippen molar-refractivity contribution in [3.8, 4) is 0 Å². The molecule has 2 aliphatic rings. The first-order chi connectivity index (χ1) is 14.4. The van der Waals surface area contributed by atoms with Gasteiger partial charge in [-0.25, -0.2) is 9.29 Å². The van der Waals surface area contributed by atoms with Crippen LogP contribution in [0.15, 0.2) is 54.2 Å². The Morgan fingerprint density at radius 1 is 0.933 bits per heavy atom. The summed E-state index contributed by atoms with van der Waals surface area (Å²) in [6.07, 6.45) is 1.85. The van der Waals surface area contributed by atoms with Crippen molar-refractivity contribution < 1.29 is 14.0 Å². The molecule has 2 aliphatic heterocycles. The van der Waals surface area contributed by atoms with Gasteiger partial charge in [0, 0.05) is 13.1 Å². The van der Waals surface area contributed by atoms with E-state index in [1.807, 2.05) is 43.1 Å². The highest BCUT2D eigenvalue weighted by Crippen LogP contribution is 2.36. The molecular weight excluding hydrogens is 381 g/mol. The lowest BCUT2D eigenvalue weighted by Crippen LogP contribution is -2.43. The van der Waals surface area contributed by atoms with Crippen molar-refractivity contribution in [3.05, 3.63) is 71.2 Å². The van der Waals surface area contributed by atoms with E-state index in [9.17, 15) is 14.0 Å². The van der Waals surface area contributed by atoms with Crippen LogP contribution in [0.3, 0.4) is 0 Å². The monoisotopic (exact) mass is 407 g/mol. The number of carbonyl (C=O) groups excluding carboxylic acids is 2. The van der Waals surface area contributed by atoms with E-state index in [0.717, 1.165) is 42.0 Å². The van der Waals surface area contributed by atoms with Gasteiger partial charge in [0.2, 0.25) is 0 Å². The Labute approximate surface area is 176 Å². The third-order valence-corrected chi connectivity index (χ3v) is 6.07. The molecule has 0 radical (unpaired) electrons. The summed E-state index contributed by atoms with van der Waals surface area (Å²) in [7, 11) is 3.99. The number of carbonyl (C=O) groups is 2. The molecule has 0 N–H and O–H groups in total. The van der Waals surface area contributed by atoms with Gasteiger partial charge in [-0.05, 0) is 69.7 Å². The molecule has 156 valence electrons. The van der Waals surface area contributed by atoms with Crippen LogP contribution >= 0.6 is 0 Å². The van der Waals surface area contributed by atoms with Gasteiger partial charge in [0.05, 0.1) is 11.3 Å². The van der Waals surface area contributed by atoms with Crippen LogP contribution < -0.4 is 4.90 Å². The second kappa shape index (κ2) is 8.03. The SMILES string of the molecule is Cc1ccc(C2=C(N(C)C3CCN(C)CC3)C(=O)N(c3ccc(F)cc3)C2=O)cc1. The van der Waals surface area contributed by atoms with Crippen molar-refractivity contribution in [3.63, 3.8) is 0 Å². The Hall–Kier alpha value is -2.99. The molecule has 0 spiro atoms. The normalized spacial score (nSPS) is 18.5. The van der Waals surface area contributed by atoms with Gasteiger partial charge in [-0.1, -0.05) is 29.8 Å². The molecule has 4 rings (SSSR count). The molecule has 2 aromatic carbocycles. The predicted molar refractivity (Wildman–Crippen MR) is 115 cm³/mol. The Kier molecular flexibility index (Phi) is 5.43. The van der Waals surface area contributed by atoms with Gasteiger partial charge >= 0.3 is 0 Å². The molecule has 0 bridgehead atoms. The number of hydrogen-bond acceptors (Lipinski definition) is 4. The van der Waals surface area contributed by atoms with Crippen molar-refractivity contribution in [2.24, 2.45) is 0 Å². The Bertz CT molecular complexity index is 990. The summed E-state index contributed by atoms with van der Waals surface area (Å²) in [5.74, 6) is -1.14. The first kappa shape index (κ1) is 20.3. The molecule has 0 aromatic heterocycles. The summed E-state index contributed by atoms with van der Waals surface area (Å²) in [6.45, 7) is 3.88. The molecular formula is C24H26FN3O2. The molecule has 0 atom stereocenters.